The van der Waals surface area contributed by atoms with Crippen molar-refractivity contribution in [1.82, 2.24) is 10.3 Å². The molecule has 0 aliphatic heterocycles. The number of ether oxygens (including phenoxy) is 1. The number of amides is 2. The fourth-order valence-corrected chi connectivity index (χ4v) is 3.45. The van der Waals surface area contributed by atoms with Crippen molar-refractivity contribution in [3.8, 4) is 5.75 Å². The molecule has 0 radical (unpaired) electrons. The number of benzene rings is 3. The number of carbonyl (C=O) groups is 2. The molecule has 3 aromatic carbocycles. The lowest BCUT2D eigenvalue weighted by Crippen LogP contribution is -2.45. The highest BCUT2D eigenvalue weighted by Crippen LogP contribution is 2.18. The molecule has 0 aliphatic rings. The third-order valence-corrected chi connectivity index (χ3v) is 5.15. The van der Waals surface area contributed by atoms with Gasteiger partial charge in [-0.1, -0.05) is 60.7 Å². The fraction of sp³-hybridized carbons (Fsp3) is 0.115. The lowest BCUT2D eigenvalue weighted by Gasteiger charge is -2.16. The van der Waals surface area contributed by atoms with Gasteiger partial charge in [-0.05, 0) is 35.4 Å². The molecule has 160 valence electrons. The van der Waals surface area contributed by atoms with E-state index in [4.69, 9.17) is 10.5 Å². The highest BCUT2D eigenvalue weighted by Gasteiger charge is 2.21. The van der Waals surface area contributed by atoms with E-state index in [9.17, 15) is 9.59 Å². The van der Waals surface area contributed by atoms with Gasteiger partial charge in [0.1, 0.15) is 18.4 Å². The van der Waals surface area contributed by atoms with E-state index in [1.165, 1.54) is 0 Å². The molecule has 3 N–H and O–H groups in total. The van der Waals surface area contributed by atoms with Crippen LogP contribution in [0.2, 0.25) is 0 Å². The Morgan fingerprint density at radius 2 is 1.59 bits per heavy atom. The molecule has 0 bridgehead atoms. The minimum absolute atomic E-state index is 0.281. The quantitative estimate of drug-likeness (QED) is 0.451. The van der Waals surface area contributed by atoms with Crippen LogP contribution in [0, 0.1) is 0 Å². The Labute approximate surface area is 186 Å². The van der Waals surface area contributed by atoms with Gasteiger partial charge in [0.15, 0.2) is 0 Å². The molecule has 2 amide bonds. The Hall–Kier alpha value is -4.19. The molecule has 0 saturated carbocycles. The largest absolute Gasteiger partial charge is 0.489 e. The second kappa shape index (κ2) is 9.75. The summed E-state index contributed by atoms with van der Waals surface area (Å²) in [4.78, 5) is 29.2. The number of para-hydroxylation sites is 1. The number of rotatable bonds is 8. The summed E-state index contributed by atoms with van der Waals surface area (Å²) in [5.41, 5.74) is 8.68. The van der Waals surface area contributed by atoms with Crippen LogP contribution in [0.4, 0.5) is 0 Å². The molecule has 0 fully saturated rings. The average Bonchev–Trinajstić information content (AvgIpc) is 2.83. The second-order valence-electron chi connectivity index (χ2n) is 7.43. The molecule has 1 atom stereocenters. The van der Waals surface area contributed by atoms with E-state index in [0.29, 0.717) is 17.7 Å². The summed E-state index contributed by atoms with van der Waals surface area (Å²) in [6.07, 6.45) is 1.85. The van der Waals surface area contributed by atoms with Crippen molar-refractivity contribution in [3.05, 3.63) is 108 Å². The zero-order valence-corrected chi connectivity index (χ0v) is 17.4. The van der Waals surface area contributed by atoms with E-state index in [2.05, 4.69) is 10.3 Å². The number of aromatic nitrogens is 1. The van der Waals surface area contributed by atoms with Gasteiger partial charge < -0.3 is 15.8 Å². The van der Waals surface area contributed by atoms with Crippen molar-refractivity contribution in [3.63, 3.8) is 0 Å². The normalized spacial score (nSPS) is 11.6. The van der Waals surface area contributed by atoms with Gasteiger partial charge >= 0.3 is 0 Å². The van der Waals surface area contributed by atoms with E-state index in [1.54, 1.807) is 12.3 Å². The third-order valence-electron chi connectivity index (χ3n) is 5.15. The van der Waals surface area contributed by atoms with E-state index >= 15 is 0 Å². The first-order valence-corrected chi connectivity index (χ1v) is 10.3. The van der Waals surface area contributed by atoms with E-state index in [1.807, 2.05) is 78.9 Å². The van der Waals surface area contributed by atoms with Crippen LogP contribution in [0.3, 0.4) is 0 Å². The van der Waals surface area contributed by atoms with Crippen molar-refractivity contribution in [2.75, 3.05) is 0 Å². The number of pyridine rings is 1. The van der Waals surface area contributed by atoms with Gasteiger partial charge in [0.2, 0.25) is 5.91 Å². The lowest BCUT2D eigenvalue weighted by atomic mass is 10.0. The monoisotopic (exact) mass is 425 g/mol. The predicted molar refractivity (Wildman–Crippen MR) is 123 cm³/mol. The summed E-state index contributed by atoms with van der Waals surface area (Å²) in [7, 11) is 0. The van der Waals surface area contributed by atoms with Gasteiger partial charge in [-0.3, -0.25) is 14.6 Å². The van der Waals surface area contributed by atoms with E-state index < -0.39 is 11.9 Å². The van der Waals surface area contributed by atoms with Crippen LogP contribution in [-0.4, -0.2) is 22.8 Å². The summed E-state index contributed by atoms with van der Waals surface area (Å²) < 4.78 is 5.80. The van der Waals surface area contributed by atoms with Crippen LogP contribution < -0.4 is 15.8 Å². The number of nitrogens with one attached hydrogen (secondary N) is 1. The standard InChI is InChI=1S/C26H23N3O3/c27-25(30)24(29-26(31)22-14-15-28-23-9-5-4-8-21(22)23)16-18-10-12-20(13-11-18)32-17-19-6-2-1-3-7-19/h1-15,24H,16-17H2,(H2,27,30)(H,29,31)/t24-/m1/s1. The first-order valence-electron chi connectivity index (χ1n) is 10.3. The van der Waals surface area contributed by atoms with Crippen molar-refractivity contribution in [1.29, 1.82) is 0 Å². The highest BCUT2D eigenvalue weighted by molar-refractivity contribution is 6.07. The minimum atomic E-state index is -0.842. The number of nitrogens with zero attached hydrogens (tertiary/aromatic N) is 1. The zero-order chi connectivity index (χ0) is 22.3. The van der Waals surface area contributed by atoms with Crippen LogP contribution in [0.25, 0.3) is 10.9 Å². The van der Waals surface area contributed by atoms with Crippen molar-refractivity contribution >= 4 is 22.7 Å². The van der Waals surface area contributed by atoms with Crippen LogP contribution in [0.15, 0.2) is 91.1 Å². The maximum Gasteiger partial charge on any atom is 0.252 e. The first-order chi connectivity index (χ1) is 15.6. The summed E-state index contributed by atoms with van der Waals surface area (Å²) in [6, 6.07) is 25.5. The topological polar surface area (TPSA) is 94.3 Å². The Morgan fingerprint density at radius 3 is 2.34 bits per heavy atom. The average molecular weight is 425 g/mol. The second-order valence-corrected chi connectivity index (χ2v) is 7.43. The van der Waals surface area contributed by atoms with Crippen molar-refractivity contribution < 1.29 is 14.3 Å². The number of carbonyl (C=O) groups excluding carboxylic acids is 2. The molecular weight excluding hydrogens is 402 g/mol. The molecule has 0 saturated heterocycles. The van der Waals surface area contributed by atoms with E-state index in [0.717, 1.165) is 22.3 Å². The third kappa shape index (κ3) is 5.10. The molecule has 4 aromatic rings. The van der Waals surface area contributed by atoms with Crippen LogP contribution in [0.1, 0.15) is 21.5 Å². The Kier molecular flexibility index (Phi) is 6.41. The Bertz CT molecular complexity index is 1220. The zero-order valence-electron chi connectivity index (χ0n) is 17.4. The first kappa shape index (κ1) is 21.1. The molecule has 0 spiro atoms. The summed E-state index contributed by atoms with van der Waals surface area (Å²) in [6.45, 7) is 0.472. The summed E-state index contributed by atoms with van der Waals surface area (Å²) in [5, 5.41) is 3.48. The molecule has 6 heteroatoms. The van der Waals surface area contributed by atoms with Crippen molar-refractivity contribution in [2.24, 2.45) is 5.73 Å². The lowest BCUT2D eigenvalue weighted by molar-refractivity contribution is -0.119. The maximum absolute atomic E-state index is 12.9. The van der Waals surface area contributed by atoms with Crippen LogP contribution >= 0.6 is 0 Å². The highest BCUT2D eigenvalue weighted by atomic mass is 16.5. The van der Waals surface area contributed by atoms with Gasteiger partial charge in [-0.2, -0.15) is 0 Å². The number of hydrogen-bond acceptors (Lipinski definition) is 4. The molecule has 32 heavy (non-hydrogen) atoms. The van der Waals surface area contributed by atoms with Gasteiger partial charge in [-0.15, -0.1) is 0 Å². The van der Waals surface area contributed by atoms with E-state index in [-0.39, 0.29) is 12.3 Å². The fourth-order valence-electron chi connectivity index (χ4n) is 3.45. The summed E-state index contributed by atoms with van der Waals surface area (Å²) in [5.74, 6) is -0.239. The van der Waals surface area contributed by atoms with Crippen molar-refractivity contribution in [2.45, 2.75) is 19.1 Å². The number of hydrogen-bond donors (Lipinski definition) is 2. The Balaban J connectivity index is 1.42. The molecular formula is C26H23N3O3. The molecule has 4 rings (SSSR count). The number of nitrogens with two attached hydrogens (primary N) is 1. The predicted octanol–water partition coefficient (Wildman–Crippen LogP) is 3.64. The van der Waals surface area contributed by atoms with Crippen LogP contribution in [0.5, 0.6) is 5.75 Å². The Morgan fingerprint density at radius 1 is 0.875 bits per heavy atom. The number of fused-ring (bicyclic) bond motifs is 1. The molecule has 0 unspecified atom stereocenters. The van der Waals surface area contributed by atoms with Gasteiger partial charge in [0.05, 0.1) is 11.1 Å². The minimum Gasteiger partial charge on any atom is -0.489 e. The molecule has 1 aromatic heterocycles. The SMILES string of the molecule is NC(=O)[C@@H](Cc1ccc(OCc2ccccc2)cc1)NC(=O)c1ccnc2ccccc12. The smallest absolute Gasteiger partial charge is 0.252 e. The maximum atomic E-state index is 12.9. The van der Waals surface area contributed by atoms with Gasteiger partial charge in [0, 0.05) is 18.0 Å². The summed E-state index contributed by atoms with van der Waals surface area (Å²) >= 11 is 0. The molecule has 6 nitrogen and oxygen atoms in total. The van der Waals surface area contributed by atoms with Gasteiger partial charge in [-0.25, -0.2) is 0 Å². The molecule has 1 heterocycles. The molecule has 0 aliphatic carbocycles. The van der Waals surface area contributed by atoms with Gasteiger partial charge in [0.25, 0.3) is 5.91 Å². The van der Waals surface area contributed by atoms with Crippen LogP contribution in [-0.2, 0) is 17.8 Å². The number of primary amides is 1.